The van der Waals surface area contributed by atoms with Gasteiger partial charge in [0.15, 0.2) is 0 Å². The van der Waals surface area contributed by atoms with Crippen LogP contribution in [-0.2, 0) is 6.42 Å². The third-order valence-electron chi connectivity index (χ3n) is 2.96. The molecule has 0 fully saturated rings. The van der Waals surface area contributed by atoms with E-state index in [0.29, 0.717) is 10.0 Å². The number of likely N-dealkylation sites (N-methyl/N-ethyl adjacent to an activating group) is 1. The number of hydrogen-bond donors (Lipinski definition) is 1. The highest BCUT2D eigenvalue weighted by molar-refractivity contribution is 6.42. The van der Waals surface area contributed by atoms with Crippen molar-refractivity contribution < 1.29 is 0 Å². The van der Waals surface area contributed by atoms with Crippen LogP contribution < -0.4 is 5.32 Å². The van der Waals surface area contributed by atoms with Gasteiger partial charge < -0.3 is 5.32 Å². The zero-order chi connectivity index (χ0) is 13.8. The molecule has 1 atom stereocenters. The largest absolute Gasteiger partial charge is 0.311 e. The number of benzene rings is 1. The number of aromatic nitrogens is 2. The maximum Gasteiger partial charge on any atom is 0.125 e. The molecule has 19 heavy (non-hydrogen) atoms. The Bertz CT molecular complexity index is 572. The van der Waals surface area contributed by atoms with E-state index >= 15 is 0 Å². The van der Waals surface area contributed by atoms with E-state index < -0.39 is 0 Å². The first kappa shape index (κ1) is 14.3. The van der Waals surface area contributed by atoms with Gasteiger partial charge in [-0.05, 0) is 38.1 Å². The van der Waals surface area contributed by atoms with Crippen LogP contribution in [0.15, 0.2) is 30.5 Å². The highest BCUT2D eigenvalue weighted by Crippen LogP contribution is 2.28. The number of rotatable bonds is 4. The minimum atomic E-state index is 0.0812. The molecule has 0 aliphatic heterocycles. The molecule has 1 aromatic carbocycles. The molecular weight excluding hydrogens is 281 g/mol. The van der Waals surface area contributed by atoms with Crippen molar-refractivity contribution in [3.63, 3.8) is 0 Å². The molecule has 0 radical (unpaired) electrons. The van der Waals surface area contributed by atoms with E-state index in [0.717, 1.165) is 23.5 Å². The normalized spacial score (nSPS) is 12.4. The first-order valence-electron chi connectivity index (χ1n) is 6.01. The molecule has 0 aliphatic carbocycles. The third-order valence-corrected chi connectivity index (χ3v) is 3.82. The summed E-state index contributed by atoms with van der Waals surface area (Å²) in [6, 6.07) is 7.66. The summed E-state index contributed by atoms with van der Waals surface area (Å²) in [5.41, 5.74) is 1.95. The van der Waals surface area contributed by atoms with Gasteiger partial charge in [0, 0.05) is 6.20 Å². The summed E-state index contributed by atoms with van der Waals surface area (Å²) in [6.45, 7) is 1.88. The second-order valence-electron chi connectivity index (χ2n) is 4.29. The summed E-state index contributed by atoms with van der Waals surface area (Å²) in [7, 11) is 1.90. The van der Waals surface area contributed by atoms with Gasteiger partial charge in [0.05, 0.1) is 21.8 Å². The van der Waals surface area contributed by atoms with Crippen molar-refractivity contribution >= 4 is 23.2 Å². The highest BCUT2D eigenvalue weighted by atomic mass is 35.5. The summed E-state index contributed by atoms with van der Waals surface area (Å²) in [5, 5.41) is 4.43. The van der Waals surface area contributed by atoms with Crippen molar-refractivity contribution in [2.75, 3.05) is 7.05 Å². The van der Waals surface area contributed by atoms with E-state index in [9.17, 15) is 0 Å². The van der Waals surface area contributed by atoms with Gasteiger partial charge in [-0.1, -0.05) is 35.3 Å². The van der Waals surface area contributed by atoms with Crippen LogP contribution in [0.3, 0.4) is 0 Å². The van der Waals surface area contributed by atoms with E-state index in [1.165, 1.54) is 0 Å². The van der Waals surface area contributed by atoms with Crippen molar-refractivity contribution in [3.05, 3.63) is 57.6 Å². The SMILES string of the molecule is CNC(Cc1cccc(Cl)c1Cl)c1ccnc(C)n1. The van der Waals surface area contributed by atoms with Gasteiger partial charge in [-0.2, -0.15) is 0 Å². The molecule has 0 bridgehead atoms. The van der Waals surface area contributed by atoms with Gasteiger partial charge in [-0.25, -0.2) is 9.97 Å². The predicted octanol–water partition coefficient (Wildman–Crippen LogP) is 3.60. The van der Waals surface area contributed by atoms with Gasteiger partial charge >= 0.3 is 0 Å². The van der Waals surface area contributed by atoms with Crippen LogP contribution in [0.1, 0.15) is 23.1 Å². The summed E-state index contributed by atoms with van der Waals surface area (Å²) in [5.74, 6) is 0.759. The molecule has 100 valence electrons. The van der Waals surface area contributed by atoms with Crippen LogP contribution in [0.4, 0.5) is 0 Å². The van der Waals surface area contributed by atoms with E-state index in [1.54, 1.807) is 12.3 Å². The number of hydrogen-bond acceptors (Lipinski definition) is 3. The second kappa shape index (κ2) is 6.33. The topological polar surface area (TPSA) is 37.8 Å². The zero-order valence-electron chi connectivity index (χ0n) is 10.8. The van der Waals surface area contributed by atoms with Gasteiger partial charge in [0.2, 0.25) is 0 Å². The van der Waals surface area contributed by atoms with Gasteiger partial charge in [0.25, 0.3) is 0 Å². The molecule has 0 aliphatic rings. The van der Waals surface area contributed by atoms with Crippen molar-refractivity contribution in [1.82, 2.24) is 15.3 Å². The van der Waals surface area contributed by atoms with Crippen molar-refractivity contribution in [1.29, 1.82) is 0 Å². The van der Waals surface area contributed by atoms with E-state index in [-0.39, 0.29) is 6.04 Å². The minimum Gasteiger partial charge on any atom is -0.311 e. The fourth-order valence-electron chi connectivity index (χ4n) is 1.95. The second-order valence-corrected chi connectivity index (χ2v) is 5.07. The third kappa shape index (κ3) is 3.44. The molecule has 1 N–H and O–H groups in total. The number of aryl methyl sites for hydroxylation is 1. The molecule has 2 aromatic rings. The molecular formula is C14H15Cl2N3. The minimum absolute atomic E-state index is 0.0812. The number of nitrogens with zero attached hydrogens (tertiary/aromatic N) is 2. The monoisotopic (exact) mass is 295 g/mol. The lowest BCUT2D eigenvalue weighted by molar-refractivity contribution is 0.572. The maximum atomic E-state index is 6.22. The molecule has 1 aromatic heterocycles. The Kier molecular flexibility index (Phi) is 4.75. The Morgan fingerprint density at radius 2 is 2.05 bits per heavy atom. The molecule has 2 rings (SSSR count). The Morgan fingerprint density at radius 3 is 2.74 bits per heavy atom. The van der Waals surface area contributed by atoms with Gasteiger partial charge in [0.1, 0.15) is 5.82 Å². The predicted molar refractivity (Wildman–Crippen MR) is 78.7 cm³/mol. The van der Waals surface area contributed by atoms with Gasteiger partial charge in [-0.15, -0.1) is 0 Å². The molecule has 1 unspecified atom stereocenters. The Balaban J connectivity index is 2.26. The van der Waals surface area contributed by atoms with Gasteiger partial charge in [-0.3, -0.25) is 0 Å². The summed E-state index contributed by atoms with van der Waals surface area (Å²) >= 11 is 12.3. The fraction of sp³-hybridized carbons (Fsp3) is 0.286. The lowest BCUT2D eigenvalue weighted by atomic mass is 10.0. The van der Waals surface area contributed by atoms with E-state index in [2.05, 4.69) is 15.3 Å². The summed E-state index contributed by atoms with van der Waals surface area (Å²) in [4.78, 5) is 8.55. The standard InChI is InChI=1S/C14H15Cl2N3/c1-9-18-7-6-12(19-9)13(17-2)8-10-4-3-5-11(15)14(10)16/h3-7,13,17H,8H2,1-2H3. The number of nitrogens with one attached hydrogen (secondary N) is 1. The quantitative estimate of drug-likeness (QED) is 0.937. The Morgan fingerprint density at radius 1 is 1.26 bits per heavy atom. The van der Waals surface area contributed by atoms with Crippen LogP contribution >= 0.6 is 23.2 Å². The number of halogens is 2. The Hall–Kier alpha value is -1.16. The first-order valence-corrected chi connectivity index (χ1v) is 6.77. The zero-order valence-corrected chi connectivity index (χ0v) is 12.3. The van der Waals surface area contributed by atoms with Crippen molar-refractivity contribution in [2.24, 2.45) is 0 Å². The first-order chi connectivity index (χ1) is 9.11. The lowest BCUT2D eigenvalue weighted by Crippen LogP contribution is -2.20. The molecule has 0 spiro atoms. The molecule has 0 saturated carbocycles. The smallest absolute Gasteiger partial charge is 0.125 e. The average molecular weight is 296 g/mol. The van der Waals surface area contributed by atoms with Crippen LogP contribution in [0.2, 0.25) is 10.0 Å². The van der Waals surface area contributed by atoms with Crippen LogP contribution in [0.25, 0.3) is 0 Å². The Labute approximate surface area is 123 Å². The van der Waals surface area contributed by atoms with Crippen LogP contribution in [-0.4, -0.2) is 17.0 Å². The molecule has 1 heterocycles. The molecule has 5 heteroatoms. The fourth-order valence-corrected chi connectivity index (χ4v) is 2.35. The van der Waals surface area contributed by atoms with Crippen molar-refractivity contribution in [2.45, 2.75) is 19.4 Å². The summed E-state index contributed by atoms with van der Waals surface area (Å²) < 4.78 is 0. The average Bonchev–Trinajstić information content (AvgIpc) is 2.40. The lowest BCUT2D eigenvalue weighted by Gasteiger charge is -2.17. The van der Waals surface area contributed by atoms with E-state index in [1.807, 2.05) is 32.2 Å². The molecule has 0 saturated heterocycles. The summed E-state index contributed by atoms with van der Waals surface area (Å²) in [6.07, 6.45) is 2.49. The van der Waals surface area contributed by atoms with Crippen LogP contribution in [0, 0.1) is 6.92 Å². The maximum absolute atomic E-state index is 6.22. The molecule has 3 nitrogen and oxygen atoms in total. The highest BCUT2D eigenvalue weighted by Gasteiger charge is 2.14. The van der Waals surface area contributed by atoms with Crippen molar-refractivity contribution in [3.8, 4) is 0 Å². The molecule has 0 amide bonds. The van der Waals surface area contributed by atoms with E-state index in [4.69, 9.17) is 23.2 Å². The van der Waals surface area contributed by atoms with Crippen LogP contribution in [0.5, 0.6) is 0 Å².